The lowest BCUT2D eigenvalue weighted by atomic mass is 10.1. The van der Waals surface area contributed by atoms with Crippen LogP contribution in [-0.4, -0.2) is 9.97 Å². The second-order valence-corrected chi connectivity index (χ2v) is 5.01. The molecule has 0 aliphatic carbocycles. The number of nitriles is 1. The van der Waals surface area contributed by atoms with Gasteiger partial charge in [-0.3, -0.25) is 4.98 Å². The summed E-state index contributed by atoms with van der Waals surface area (Å²) in [6.07, 6.45) is 5.05. The van der Waals surface area contributed by atoms with Gasteiger partial charge in [0.15, 0.2) is 0 Å². The molecule has 0 spiro atoms. The van der Waals surface area contributed by atoms with E-state index in [2.05, 4.69) is 21.4 Å². The maximum atomic E-state index is 9.02. The van der Waals surface area contributed by atoms with Crippen LogP contribution in [0.3, 0.4) is 0 Å². The lowest BCUT2D eigenvalue weighted by molar-refractivity contribution is 0.603. The van der Waals surface area contributed by atoms with Crippen molar-refractivity contribution >= 4 is 17.0 Å². The summed E-state index contributed by atoms with van der Waals surface area (Å²) in [7, 11) is 0. The predicted octanol–water partition coefficient (Wildman–Crippen LogP) is 2.76. The minimum Gasteiger partial charge on any atom is -0.371 e. The summed E-state index contributed by atoms with van der Waals surface area (Å²) < 4.78 is 0. The highest BCUT2D eigenvalue weighted by atomic mass is 32.1. The average molecular weight is 244 g/mol. The molecule has 0 saturated carbocycles. The fourth-order valence-electron chi connectivity index (χ4n) is 1.51. The molecule has 0 aliphatic heterocycles. The molecule has 2 aromatic rings. The standard InChI is InChI=1S/C12H12N4S/c1-12(2,11-15-5-6-17-11)16-10-8-14-4-3-9(10)7-13/h3-6,8,16H,1-2H3. The van der Waals surface area contributed by atoms with E-state index in [-0.39, 0.29) is 5.54 Å². The first-order valence-electron chi connectivity index (χ1n) is 5.16. The molecule has 0 fully saturated rings. The zero-order valence-electron chi connectivity index (χ0n) is 9.64. The van der Waals surface area contributed by atoms with Gasteiger partial charge in [0.05, 0.1) is 23.0 Å². The number of anilines is 1. The van der Waals surface area contributed by atoms with Crippen LogP contribution in [0, 0.1) is 11.3 Å². The maximum Gasteiger partial charge on any atom is 0.117 e. The molecule has 0 aromatic carbocycles. The molecular weight excluding hydrogens is 232 g/mol. The van der Waals surface area contributed by atoms with E-state index >= 15 is 0 Å². The molecular formula is C12H12N4S. The van der Waals surface area contributed by atoms with Crippen LogP contribution in [0.4, 0.5) is 5.69 Å². The summed E-state index contributed by atoms with van der Waals surface area (Å²) in [6.45, 7) is 4.06. The Morgan fingerprint density at radius 3 is 2.88 bits per heavy atom. The first kappa shape index (κ1) is 11.6. The Kier molecular flexibility index (Phi) is 3.07. The van der Waals surface area contributed by atoms with E-state index in [4.69, 9.17) is 5.26 Å². The van der Waals surface area contributed by atoms with Crippen molar-refractivity contribution in [2.75, 3.05) is 5.32 Å². The van der Waals surface area contributed by atoms with E-state index in [1.807, 2.05) is 19.2 Å². The van der Waals surface area contributed by atoms with Gasteiger partial charge in [-0.15, -0.1) is 11.3 Å². The van der Waals surface area contributed by atoms with Crippen LogP contribution < -0.4 is 5.32 Å². The topological polar surface area (TPSA) is 61.6 Å². The zero-order chi connectivity index (χ0) is 12.3. The Labute approximate surface area is 104 Å². The number of hydrogen-bond acceptors (Lipinski definition) is 5. The van der Waals surface area contributed by atoms with Crippen molar-refractivity contribution in [2.24, 2.45) is 0 Å². The van der Waals surface area contributed by atoms with Crippen molar-refractivity contribution in [3.63, 3.8) is 0 Å². The van der Waals surface area contributed by atoms with Crippen molar-refractivity contribution in [2.45, 2.75) is 19.4 Å². The van der Waals surface area contributed by atoms with Gasteiger partial charge in [-0.1, -0.05) is 0 Å². The number of pyridine rings is 1. The molecule has 1 N–H and O–H groups in total. The van der Waals surface area contributed by atoms with Crippen LogP contribution in [0.5, 0.6) is 0 Å². The summed E-state index contributed by atoms with van der Waals surface area (Å²) in [6, 6.07) is 3.84. The van der Waals surface area contributed by atoms with E-state index in [9.17, 15) is 0 Å². The maximum absolute atomic E-state index is 9.02. The number of aromatic nitrogens is 2. The van der Waals surface area contributed by atoms with Gasteiger partial charge in [0.1, 0.15) is 11.1 Å². The van der Waals surface area contributed by atoms with Crippen LogP contribution in [0.1, 0.15) is 24.4 Å². The highest BCUT2D eigenvalue weighted by Crippen LogP contribution is 2.28. The summed E-state index contributed by atoms with van der Waals surface area (Å²) in [5.74, 6) is 0. The van der Waals surface area contributed by atoms with E-state index in [1.54, 1.807) is 36.0 Å². The number of nitrogens with one attached hydrogen (secondary N) is 1. The third kappa shape index (κ3) is 2.43. The van der Waals surface area contributed by atoms with Crippen molar-refractivity contribution < 1.29 is 0 Å². The van der Waals surface area contributed by atoms with Crippen LogP contribution >= 0.6 is 11.3 Å². The van der Waals surface area contributed by atoms with Gasteiger partial charge in [-0.25, -0.2) is 4.98 Å². The van der Waals surface area contributed by atoms with Gasteiger partial charge in [0, 0.05) is 17.8 Å². The Morgan fingerprint density at radius 2 is 2.24 bits per heavy atom. The lowest BCUT2D eigenvalue weighted by Gasteiger charge is -2.25. The van der Waals surface area contributed by atoms with E-state index < -0.39 is 0 Å². The second kappa shape index (κ2) is 4.52. The van der Waals surface area contributed by atoms with Crippen LogP contribution in [-0.2, 0) is 5.54 Å². The highest BCUT2D eigenvalue weighted by Gasteiger charge is 2.23. The van der Waals surface area contributed by atoms with E-state index in [0.29, 0.717) is 5.56 Å². The normalized spacial score (nSPS) is 10.9. The molecule has 0 radical (unpaired) electrons. The molecule has 0 saturated heterocycles. The zero-order valence-corrected chi connectivity index (χ0v) is 10.5. The number of thiazole rings is 1. The van der Waals surface area contributed by atoms with Gasteiger partial charge >= 0.3 is 0 Å². The summed E-state index contributed by atoms with van der Waals surface area (Å²) in [5, 5.41) is 15.2. The van der Waals surface area contributed by atoms with Gasteiger partial charge in [-0.05, 0) is 19.9 Å². The Morgan fingerprint density at radius 1 is 1.41 bits per heavy atom. The molecule has 5 heteroatoms. The molecule has 0 atom stereocenters. The molecule has 4 nitrogen and oxygen atoms in total. The van der Waals surface area contributed by atoms with Gasteiger partial charge in [-0.2, -0.15) is 5.26 Å². The molecule has 86 valence electrons. The van der Waals surface area contributed by atoms with Gasteiger partial charge < -0.3 is 5.32 Å². The first-order chi connectivity index (χ1) is 8.13. The largest absolute Gasteiger partial charge is 0.371 e. The number of rotatable bonds is 3. The fraction of sp³-hybridized carbons (Fsp3) is 0.250. The number of hydrogen-bond donors (Lipinski definition) is 1. The molecule has 0 unspecified atom stereocenters. The minimum atomic E-state index is -0.317. The van der Waals surface area contributed by atoms with Crippen molar-refractivity contribution in [3.8, 4) is 6.07 Å². The first-order valence-corrected chi connectivity index (χ1v) is 6.04. The van der Waals surface area contributed by atoms with E-state index in [1.165, 1.54) is 0 Å². The van der Waals surface area contributed by atoms with Crippen LogP contribution in [0.15, 0.2) is 30.0 Å². The van der Waals surface area contributed by atoms with Crippen LogP contribution in [0.25, 0.3) is 0 Å². The third-order valence-electron chi connectivity index (χ3n) is 2.36. The van der Waals surface area contributed by atoms with Crippen molar-refractivity contribution in [1.29, 1.82) is 5.26 Å². The quantitative estimate of drug-likeness (QED) is 0.901. The van der Waals surface area contributed by atoms with Crippen LogP contribution in [0.2, 0.25) is 0 Å². The lowest BCUT2D eigenvalue weighted by Crippen LogP contribution is -2.28. The smallest absolute Gasteiger partial charge is 0.117 e. The predicted molar refractivity (Wildman–Crippen MR) is 67.7 cm³/mol. The summed E-state index contributed by atoms with van der Waals surface area (Å²) in [4.78, 5) is 8.32. The van der Waals surface area contributed by atoms with Crippen molar-refractivity contribution in [3.05, 3.63) is 40.6 Å². The number of nitrogens with zero attached hydrogens (tertiary/aromatic N) is 3. The highest BCUT2D eigenvalue weighted by molar-refractivity contribution is 7.09. The molecule has 17 heavy (non-hydrogen) atoms. The molecule has 0 bridgehead atoms. The Balaban J connectivity index is 2.30. The fourth-order valence-corrected chi connectivity index (χ4v) is 2.23. The molecule has 0 aliphatic rings. The van der Waals surface area contributed by atoms with Crippen molar-refractivity contribution in [1.82, 2.24) is 9.97 Å². The second-order valence-electron chi connectivity index (χ2n) is 4.12. The third-order valence-corrected chi connectivity index (χ3v) is 3.45. The summed E-state index contributed by atoms with van der Waals surface area (Å²) >= 11 is 1.59. The average Bonchev–Trinajstić information content (AvgIpc) is 2.83. The van der Waals surface area contributed by atoms with Gasteiger partial charge in [0.25, 0.3) is 0 Å². The molecule has 0 amide bonds. The van der Waals surface area contributed by atoms with Gasteiger partial charge in [0.2, 0.25) is 0 Å². The molecule has 2 aromatic heterocycles. The monoisotopic (exact) mass is 244 g/mol. The SMILES string of the molecule is CC(C)(Nc1cnccc1C#N)c1nccs1. The Bertz CT molecular complexity index is 540. The molecule has 2 rings (SSSR count). The summed E-state index contributed by atoms with van der Waals surface area (Å²) in [5.41, 5.74) is 1.00. The minimum absolute atomic E-state index is 0.317. The van der Waals surface area contributed by atoms with E-state index in [0.717, 1.165) is 10.7 Å². The Hall–Kier alpha value is -1.93. The molecule has 2 heterocycles.